The van der Waals surface area contributed by atoms with Crippen LogP contribution >= 0.6 is 0 Å². The summed E-state index contributed by atoms with van der Waals surface area (Å²) in [6, 6.07) is 3.85. The minimum Gasteiger partial charge on any atom is -0.454 e. The first-order chi connectivity index (χ1) is 8.16. The number of Topliss-reactive ketones (excluding diaryl/α,β-unsaturated/α-hetero) is 1. The number of hydrogen-bond donors (Lipinski definition) is 1. The molecule has 1 aromatic carbocycles. The summed E-state index contributed by atoms with van der Waals surface area (Å²) in [6.07, 6.45) is 0. The zero-order valence-corrected chi connectivity index (χ0v) is 9.79. The highest BCUT2D eigenvalue weighted by atomic mass is 16.7. The van der Waals surface area contributed by atoms with Crippen LogP contribution in [0.2, 0.25) is 0 Å². The molecule has 0 bridgehead atoms. The van der Waals surface area contributed by atoms with Gasteiger partial charge in [0.2, 0.25) is 6.79 Å². The topological polar surface area (TPSA) is 47.6 Å². The van der Waals surface area contributed by atoms with Gasteiger partial charge in [0.1, 0.15) is 0 Å². The molecule has 0 spiro atoms. The van der Waals surface area contributed by atoms with Gasteiger partial charge >= 0.3 is 0 Å². The zero-order valence-electron chi connectivity index (χ0n) is 9.79. The fourth-order valence-corrected chi connectivity index (χ4v) is 2.33. The first-order valence-electron chi connectivity index (χ1n) is 5.55. The van der Waals surface area contributed by atoms with Crippen LogP contribution in [0.25, 0.3) is 5.57 Å². The number of hydrogen-bond acceptors (Lipinski definition) is 4. The van der Waals surface area contributed by atoms with Crippen molar-refractivity contribution in [2.45, 2.75) is 20.4 Å². The third-order valence-electron chi connectivity index (χ3n) is 3.14. The number of ether oxygens (including phenoxy) is 2. The van der Waals surface area contributed by atoms with E-state index in [9.17, 15) is 4.79 Å². The first kappa shape index (κ1) is 10.2. The van der Waals surface area contributed by atoms with Crippen molar-refractivity contribution in [2.75, 3.05) is 6.79 Å². The van der Waals surface area contributed by atoms with Crippen molar-refractivity contribution < 1.29 is 14.3 Å². The lowest BCUT2D eigenvalue weighted by Crippen LogP contribution is -2.21. The Morgan fingerprint density at radius 2 is 2.00 bits per heavy atom. The van der Waals surface area contributed by atoms with Gasteiger partial charge in [-0.05, 0) is 37.1 Å². The summed E-state index contributed by atoms with van der Waals surface area (Å²) < 4.78 is 10.7. The largest absolute Gasteiger partial charge is 0.454 e. The average Bonchev–Trinajstić information content (AvgIpc) is 2.72. The fourth-order valence-electron chi connectivity index (χ4n) is 2.33. The molecule has 2 aliphatic heterocycles. The molecule has 88 valence electrons. The molecule has 0 saturated carbocycles. The molecule has 4 heteroatoms. The van der Waals surface area contributed by atoms with Crippen molar-refractivity contribution in [3.63, 3.8) is 0 Å². The molecule has 0 amide bonds. The van der Waals surface area contributed by atoms with Gasteiger partial charge in [0, 0.05) is 17.8 Å². The molecule has 4 nitrogen and oxygen atoms in total. The Morgan fingerprint density at radius 1 is 1.29 bits per heavy atom. The highest BCUT2D eigenvalue weighted by Gasteiger charge is 2.24. The molecule has 0 radical (unpaired) electrons. The van der Waals surface area contributed by atoms with Crippen LogP contribution in [-0.4, -0.2) is 12.6 Å². The lowest BCUT2D eigenvalue weighted by atomic mass is 9.92. The Hall–Kier alpha value is -1.97. The van der Waals surface area contributed by atoms with Gasteiger partial charge in [-0.1, -0.05) is 0 Å². The lowest BCUT2D eigenvalue weighted by Gasteiger charge is -2.22. The molecule has 2 aliphatic rings. The van der Waals surface area contributed by atoms with Gasteiger partial charge < -0.3 is 14.8 Å². The highest BCUT2D eigenvalue weighted by Crippen LogP contribution is 2.39. The van der Waals surface area contributed by atoms with E-state index in [1.54, 1.807) is 6.92 Å². The summed E-state index contributed by atoms with van der Waals surface area (Å²) in [5.41, 5.74) is 3.69. The second-order valence-corrected chi connectivity index (χ2v) is 4.27. The number of allylic oxidation sites excluding steroid dienone is 2. The quantitative estimate of drug-likeness (QED) is 0.801. The summed E-state index contributed by atoms with van der Waals surface area (Å²) in [5, 5.41) is 3.22. The maximum Gasteiger partial charge on any atom is 0.231 e. The van der Waals surface area contributed by atoms with E-state index in [0.717, 1.165) is 33.9 Å². The standard InChI is InChI=1S/C13H13NO3/c1-7-13(8(2)15)10-4-12-11(16-6-17-12)3-9(10)5-14-7/h3-4,14H,5-6H2,1-2H3. The van der Waals surface area contributed by atoms with Gasteiger partial charge in [-0.3, -0.25) is 4.79 Å². The van der Waals surface area contributed by atoms with Crippen LogP contribution in [0.15, 0.2) is 17.8 Å². The minimum atomic E-state index is 0.0646. The molecule has 0 aliphatic carbocycles. The molecule has 0 atom stereocenters. The number of carbonyl (C=O) groups is 1. The SMILES string of the molecule is CC(=O)C1=C(C)NCc2cc3c(cc21)OCO3. The Morgan fingerprint density at radius 3 is 2.71 bits per heavy atom. The van der Waals surface area contributed by atoms with Crippen molar-refractivity contribution in [1.29, 1.82) is 0 Å². The number of rotatable bonds is 1. The van der Waals surface area contributed by atoms with E-state index in [1.807, 2.05) is 19.1 Å². The van der Waals surface area contributed by atoms with Crippen LogP contribution in [0, 0.1) is 0 Å². The van der Waals surface area contributed by atoms with Gasteiger partial charge in [-0.15, -0.1) is 0 Å². The van der Waals surface area contributed by atoms with Crippen molar-refractivity contribution in [3.05, 3.63) is 29.0 Å². The summed E-state index contributed by atoms with van der Waals surface area (Å²) in [6.45, 7) is 4.47. The van der Waals surface area contributed by atoms with E-state index in [4.69, 9.17) is 9.47 Å². The number of benzene rings is 1. The van der Waals surface area contributed by atoms with E-state index >= 15 is 0 Å². The third kappa shape index (κ3) is 1.48. The second kappa shape index (κ2) is 3.52. The van der Waals surface area contributed by atoms with Gasteiger partial charge in [0.15, 0.2) is 17.3 Å². The number of nitrogens with one attached hydrogen (secondary N) is 1. The van der Waals surface area contributed by atoms with Crippen molar-refractivity contribution in [2.24, 2.45) is 0 Å². The third-order valence-corrected chi connectivity index (χ3v) is 3.14. The van der Waals surface area contributed by atoms with Gasteiger partial charge in [-0.2, -0.15) is 0 Å². The van der Waals surface area contributed by atoms with Crippen molar-refractivity contribution in [3.8, 4) is 11.5 Å². The Bertz CT molecular complexity index is 546. The van der Waals surface area contributed by atoms with E-state index in [0.29, 0.717) is 6.54 Å². The summed E-state index contributed by atoms with van der Waals surface area (Å²) in [5.74, 6) is 1.54. The predicted molar refractivity (Wildman–Crippen MR) is 62.7 cm³/mol. The molecule has 0 saturated heterocycles. The second-order valence-electron chi connectivity index (χ2n) is 4.27. The van der Waals surface area contributed by atoms with E-state index in [1.165, 1.54) is 0 Å². The normalized spacial score (nSPS) is 16.6. The fraction of sp³-hybridized carbons (Fsp3) is 0.308. The molecule has 1 N–H and O–H groups in total. The van der Waals surface area contributed by atoms with Crippen LogP contribution in [0.4, 0.5) is 0 Å². The summed E-state index contributed by atoms with van der Waals surface area (Å²) in [4.78, 5) is 11.7. The first-order valence-corrected chi connectivity index (χ1v) is 5.55. The van der Waals surface area contributed by atoms with Crippen molar-refractivity contribution in [1.82, 2.24) is 5.32 Å². The maximum atomic E-state index is 11.7. The van der Waals surface area contributed by atoms with E-state index in [-0.39, 0.29) is 12.6 Å². The smallest absolute Gasteiger partial charge is 0.231 e. The molecular weight excluding hydrogens is 218 g/mol. The molecule has 0 aromatic heterocycles. The van der Waals surface area contributed by atoms with Gasteiger partial charge in [-0.25, -0.2) is 0 Å². The van der Waals surface area contributed by atoms with Crippen LogP contribution in [0.5, 0.6) is 11.5 Å². The zero-order chi connectivity index (χ0) is 12.0. The lowest BCUT2D eigenvalue weighted by molar-refractivity contribution is -0.111. The van der Waals surface area contributed by atoms with Crippen LogP contribution in [0.1, 0.15) is 25.0 Å². The Labute approximate surface area is 99.2 Å². The van der Waals surface area contributed by atoms with Crippen LogP contribution < -0.4 is 14.8 Å². The number of carbonyl (C=O) groups excluding carboxylic acids is 1. The average molecular weight is 231 g/mol. The number of ketones is 1. The van der Waals surface area contributed by atoms with Crippen molar-refractivity contribution >= 4 is 11.4 Å². The highest BCUT2D eigenvalue weighted by molar-refractivity contribution is 6.21. The number of fused-ring (bicyclic) bond motifs is 2. The van der Waals surface area contributed by atoms with Crippen LogP contribution in [-0.2, 0) is 11.3 Å². The molecule has 2 heterocycles. The van der Waals surface area contributed by atoms with Crippen LogP contribution in [0.3, 0.4) is 0 Å². The molecule has 17 heavy (non-hydrogen) atoms. The maximum absolute atomic E-state index is 11.7. The predicted octanol–water partition coefficient (Wildman–Crippen LogP) is 1.84. The van der Waals surface area contributed by atoms with E-state index in [2.05, 4.69) is 5.32 Å². The molecule has 0 unspecified atom stereocenters. The molecule has 3 rings (SSSR count). The summed E-state index contributed by atoms with van der Waals surface area (Å²) in [7, 11) is 0. The van der Waals surface area contributed by atoms with Gasteiger partial charge in [0.25, 0.3) is 0 Å². The monoisotopic (exact) mass is 231 g/mol. The Balaban J connectivity index is 2.20. The molecule has 0 fully saturated rings. The summed E-state index contributed by atoms with van der Waals surface area (Å²) >= 11 is 0. The minimum absolute atomic E-state index is 0.0646. The Kier molecular flexibility index (Phi) is 2.11. The van der Waals surface area contributed by atoms with Gasteiger partial charge in [0.05, 0.1) is 0 Å². The molecule has 1 aromatic rings. The van der Waals surface area contributed by atoms with E-state index < -0.39 is 0 Å². The molecular formula is C13H13NO3.